The van der Waals surface area contributed by atoms with Crippen molar-refractivity contribution >= 4 is 43.9 Å². The van der Waals surface area contributed by atoms with Crippen LogP contribution in [0.4, 0.5) is 22.0 Å². The summed E-state index contributed by atoms with van der Waals surface area (Å²) in [5.41, 5.74) is 1.80. The number of hydrogen-bond donors (Lipinski definition) is 1. The molecule has 5 nitrogen and oxygen atoms in total. The highest BCUT2D eigenvalue weighted by molar-refractivity contribution is 7.83. The van der Waals surface area contributed by atoms with Crippen LogP contribution < -0.4 is 0 Å². The van der Waals surface area contributed by atoms with E-state index in [4.69, 9.17) is 0 Å². The van der Waals surface area contributed by atoms with Crippen LogP contribution in [0.15, 0.2) is 36.4 Å². The molecule has 0 bridgehead atoms. The molecule has 11 heteroatoms. The fourth-order valence-corrected chi connectivity index (χ4v) is 3.06. The maximum Gasteiger partial charge on any atom is 0.200 e. The first-order chi connectivity index (χ1) is 15.2. The Morgan fingerprint density at radius 2 is 1.22 bits per heavy atom. The first-order valence-corrected chi connectivity index (χ1v) is 11.0. The molecule has 0 aliphatic carbocycles. The van der Waals surface area contributed by atoms with Crippen molar-refractivity contribution in [3.63, 3.8) is 0 Å². The van der Waals surface area contributed by atoms with Gasteiger partial charge in [0.1, 0.15) is 0 Å². The number of benzene rings is 3. The smallest absolute Gasteiger partial charge is 0.200 e. The summed E-state index contributed by atoms with van der Waals surface area (Å²) in [6, 6.07) is 10.3. The van der Waals surface area contributed by atoms with E-state index in [9.17, 15) is 26.2 Å². The van der Waals surface area contributed by atoms with Gasteiger partial charge in [0.15, 0.2) is 29.1 Å². The van der Waals surface area contributed by atoms with Crippen LogP contribution >= 0.6 is 0 Å². The molecule has 1 N–H and O–H groups in total. The van der Waals surface area contributed by atoms with E-state index in [1.807, 2.05) is 18.2 Å². The van der Waals surface area contributed by atoms with E-state index in [2.05, 4.69) is 19.9 Å². The Morgan fingerprint density at radius 1 is 0.688 bits per heavy atom. The van der Waals surface area contributed by atoms with Gasteiger partial charge in [-0.15, -0.1) is 0 Å². The number of halogens is 5. The molecule has 0 saturated carbocycles. The number of fused-ring (bicyclic) bond motifs is 3. The lowest BCUT2D eigenvalue weighted by Gasteiger charge is -2.04. The van der Waals surface area contributed by atoms with E-state index in [1.165, 1.54) is 6.07 Å². The van der Waals surface area contributed by atoms with Crippen LogP contribution in [0, 0.1) is 29.1 Å². The molecule has 5 aromatic rings. The van der Waals surface area contributed by atoms with E-state index >= 15 is 0 Å². The predicted molar refractivity (Wildman–Crippen MR) is 112 cm³/mol. The summed E-state index contributed by atoms with van der Waals surface area (Å²) >= 11 is 0. The molecule has 0 saturated heterocycles. The average molecular weight is 464 g/mol. The Balaban J connectivity index is 0.000000567. The molecule has 0 amide bonds. The summed E-state index contributed by atoms with van der Waals surface area (Å²) in [4.78, 5) is 15.5. The maximum atomic E-state index is 14.1. The number of aromatic amines is 1. The summed E-state index contributed by atoms with van der Waals surface area (Å²) in [5.74, 6) is -10.9. The molecular weight excluding hydrogens is 451 g/mol. The van der Waals surface area contributed by atoms with Gasteiger partial charge in [-0.3, -0.25) is 4.21 Å². The summed E-state index contributed by atoms with van der Waals surface area (Å²) in [7, 11) is -0.611. The van der Waals surface area contributed by atoms with Crippen LogP contribution in [0.5, 0.6) is 0 Å². The molecule has 2 heterocycles. The van der Waals surface area contributed by atoms with Gasteiger partial charge in [0, 0.05) is 23.3 Å². The molecule has 5 rings (SSSR count). The molecule has 0 spiro atoms. The Labute approximate surface area is 179 Å². The summed E-state index contributed by atoms with van der Waals surface area (Å²) in [6.07, 6.45) is 3.28. The Bertz CT molecular complexity index is 1430. The predicted octanol–water partition coefficient (Wildman–Crippen LogP) is 5.02. The van der Waals surface area contributed by atoms with Crippen molar-refractivity contribution in [2.24, 2.45) is 0 Å². The number of para-hydroxylation sites is 2. The van der Waals surface area contributed by atoms with Crippen molar-refractivity contribution in [1.29, 1.82) is 0 Å². The van der Waals surface area contributed by atoms with Gasteiger partial charge in [-0.25, -0.2) is 36.9 Å². The monoisotopic (exact) mass is 464 g/mol. The highest BCUT2D eigenvalue weighted by atomic mass is 32.2. The number of H-pyrrole nitrogens is 1. The second-order valence-corrected chi connectivity index (χ2v) is 8.33. The third kappa shape index (κ3) is 3.79. The molecule has 0 fully saturated rings. The molecule has 2 aromatic heterocycles. The Hall–Kier alpha value is -3.47. The Morgan fingerprint density at radius 3 is 1.84 bits per heavy atom. The third-order valence-corrected chi connectivity index (χ3v) is 4.39. The zero-order valence-corrected chi connectivity index (χ0v) is 17.3. The molecule has 0 atom stereocenters. The van der Waals surface area contributed by atoms with Gasteiger partial charge < -0.3 is 4.98 Å². The van der Waals surface area contributed by atoms with Gasteiger partial charge in [-0.1, -0.05) is 12.1 Å². The minimum atomic E-state index is -2.23. The summed E-state index contributed by atoms with van der Waals surface area (Å²) in [5, 5.41) is 0. The molecular formula is C21H13F5N4OS. The summed E-state index contributed by atoms with van der Waals surface area (Å²) < 4.78 is 77.9. The highest BCUT2D eigenvalue weighted by Crippen LogP contribution is 2.32. The van der Waals surface area contributed by atoms with Crippen LogP contribution in [0.25, 0.3) is 44.5 Å². The van der Waals surface area contributed by atoms with Gasteiger partial charge in [0.2, 0.25) is 5.82 Å². The molecule has 0 aliphatic rings. The van der Waals surface area contributed by atoms with Gasteiger partial charge in [0.25, 0.3) is 0 Å². The van der Waals surface area contributed by atoms with Crippen molar-refractivity contribution in [1.82, 2.24) is 19.9 Å². The molecule has 32 heavy (non-hydrogen) atoms. The molecule has 0 radical (unpaired) electrons. The minimum Gasteiger partial charge on any atom is -0.352 e. The lowest BCUT2D eigenvalue weighted by atomic mass is 10.1. The largest absolute Gasteiger partial charge is 0.352 e. The zero-order valence-electron chi connectivity index (χ0n) is 16.5. The van der Waals surface area contributed by atoms with E-state index in [1.54, 1.807) is 24.6 Å². The van der Waals surface area contributed by atoms with Crippen molar-refractivity contribution in [2.45, 2.75) is 0 Å². The standard InChI is InChI=1S/C19H7F5N4.C2H6OS/c20-14-13(15(21)17(23)18(24)16(14)22)19-27-11-5-9-10(6-12(11)28-19)26-8-4-2-1-3-7(8)25-9;1-4(2)3/h1-6,25H;1-2H3. The number of hydrogen-bond acceptors (Lipinski definition) is 4. The van der Waals surface area contributed by atoms with Gasteiger partial charge in [-0.05, 0) is 24.3 Å². The van der Waals surface area contributed by atoms with Gasteiger partial charge in [-0.2, -0.15) is 0 Å². The minimum absolute atomic E-state index is 0.211. The lowest BCUT2D eigenvalue weighted by Crippen LogP contribution is -2.04. The fraction of sp³-hybridized carbons (Fsp3) is 0.0952. The molecule has 0 aliphatic heterocycles. The maximum absolute atomic E-state index is 14.1. The van der Waals surface area contributed by atoms with E-state index in [0.717, 1.165) is 5.52 Å². The molecule has 3 aromatic carbocycles. The topological polar surface area (TPSA) is 71.5 Å². The van der Waals surface area contributed by atoms with Crippen LogP contribution in [-0.4, -0.2) is 36.7 Å². The molecule has 0 unspecified atom stereocenters. The summed E-state index contributed by atoms with van der Waals surface area (Å²) in [6.45, 7) is 0. The normalized spacial score (nSPS) is 11.4. The third-order valence-electron chi connectivity index (χ3n) is 4.39. The lowest BCUT2D eigenvalue weighted by molar-refractivity contribution is 0.381. The average Bonchev–Trinajstić information content (AvgIpc) is 3.15. The van der Waals surface area contributed by atoms with Crippen molar-refractivity contribution in [3.8, 4) is 11.4 Å². The van der Waals surface area contributed by atoms with Crippen molar-refractivity contribution in [3.05, 3.63) is 65.5 Å². The zero-order chi connectivity index (χ0) is 23.2. The van der Waals surface area contributed by atoms with Crippen LogP contribution in [0.3, 0.4) is 0 Å². The second-order valence-electron chi connectivity index (χ2n) is 6.85. The van der Waals surface area contributed by atoms with E-state index < -0.39 is 51.3 Å². The second kappa shape index (κ2) is 8.23. The first-order valence-electron chi connectivity index (χ1n) is 9.00. The number of aromatic nitrogens is 4. The Kier molecular flexibility index (Phi) is 5.59. The van der Waals surface area contributed by atoms with Crippen LogP contribution in [0.1, 0.15) is 0 Å². The SMILES string of the molecule is CS(C)=O.Fc1c(F)c(F)c(-c2nc3cc4nc5ccccc5[nH]c4cc3n2)c(F)c1F. The fourth-order valence-electron chi connectivity index (χ4n) is 3.06. The number of nitrogens with zero attached hydrogens (tertiary/aromatic N) is 3. The van der Waals surface area contributed by atoms with Gasteiger partial charge >= 0.3 is 0 Å². The van der Waals surface area contributed by atoms with Gasteiger partial charge in [0.05, 0.1) is 38.7 Å². The molecule has 164 valence electrons. The van der Waals surface area contributed by atoms with Crippen molar-refractivity contribution in [2.75, 3.05) is 12.5 Å². The van der Waals surface area contributed by atoms with E-state index in [-0.39, 0.29) is 11.0 Å². The quantitative estimate of drug-likeness (QED) is 0.164. The van der Waals surface area contributed by atoms with Crippen molar-refractivity contribution < 1.29 is 26.2 Å². The number of rotatable bonds is 1. The van der Waals surface area contributed by atoms with E-state index in [0.29, 0.717) is 16.6 Å². The number of imidazole rings is 1. The van der Waals surface area contributed by atoms with Crippen LogP contribution in [0.2, 0.25) is 0 Å². The van der Waals surface area contributed by atoms with Crippen LogP contribution in [-0.2, 0) is 10.8 Å². The highest BCUT2D eigenvalue weighted by Gasteiger charge is 2.28. The number of nitrogens with one attached hydrogen (secondary N) is 1. The first kappa shape index (κ1) is 21.8.